The lowest BCUT2D eigenvalue weighted by atomic mass is 10.2. The van der Waals surface area contributed by atoms with Gasteiger partial charge in [-0.2, -0.15) is 5.10 Å². The van der Waals surface area contributed by atoms with Gasteiger partial charge in [-0.3, -0.25) is 4.79 Å². The summed E-state index contributed by atoms with van der Waals surface area (Å²) in [5, 5.41) is 4.07. The molecule has 0 saturated heterocycles. The molecule has 0 atom stereocenters. The number of hydrogen-bond acceptors (Lipinski definition) is 4. The third kappa shape index (κ3) is 5.93. The molecule has 0 fully saturated rings. The van der Waals surface area contributed by atoms with E-state index in [1.54, 1.807) is 18.3 Å². The van der Waals surface area contributed by atoms with E-state index in [4.69, 9.17) is 9.47 Å². The molecule has 0 heterocycles. The molecule has 3 aromatic carbocycles. The van der Waals surface area contributed by atoms with Crippen LogP contribution in [-0.2, 0) is 6.61 Å². The van der Waals surface area contributed by atoms with Crippen LogP contribution in [0.1, 0.15) is 28.4 Å². The van der Waals surface area contributed by atoms with E-state index in [9.17, 15) is 4.79 Å². The fourth-order valence-corrected chi connectivity index (χ4v) is 3.00. The van der Waals surface area contributed by atoms with Crippen molar-refractivity contribution >= 4 is 28.1 Å². The van der Waals surface area contributed by atoms with Gasteiger partial charge in [0.15, 0.2) is 0 Å². The summed E-state index contributed by atoms with van der Waals surface area (Å²) in [6.07, 6.45) is 1.56. The Bertz CT molecular complexity index is 990. The van der Waals surface area contributed by atoms with E-state index in [-0.39, 0.29) is 5.91 Å². The van der Waals surface area contributed by atoms with E-state index in [0.717, 1.165) is 15.6 Å². The number of halogens is 1. The molecule has 3 rings (SSSR count). The van der Waals surface area contributed by atoms with E-state index >= 15 is 0 Å². The zero-order valence-corrected chi connectivity index (χ0v) is 17.6. The van der Waals surface area contributed by atoms with Crippen molar-refractivity contribution < 1.29 is 14.3 Å². The Balaban J connectivity index is 1.71. The number of amides is 1. The predicted octanol–water partition coefficient (Wildman–Crippen LogP) is 5.19. The monoisotopic (exact) mass is 452 g/mol. The highest BCUT2D eigenvalue weighted by Crippen LogP contribution is 2.24. The SMILES string of the molecule is CCOc1ccccc1C=NNC(=O)c1cc(Br)ccc1OCc1ccccc1. The quantitative estimate of drug-likeness (QED) is 0.377. The van der Waals surface area contributed by atoms with Crippen LogP contribution >= 0.6 is 15.9 Å². The zero-order chi connectivity index (χ0) is 20.5. The molecule has 0 aliphatic rings. The highest BCUT2D eigenvalue weighted by molar-refractivity contribution is 9.10. The summed E-state index contributed by atoms with van der Waals surface area (Å²) >= 11 is 3.40. The van der Waals surface area contributed by atoms with Crippen molar-refractivity contribution in [3.63, 3.8) is 0 Å². The largest absolute Gasteiger partial charge is 0.493 e. The Kier molecular flexibility index (Phi) is 7.41. The number of para-hydroxylation sites is 1. The second-order valence-electron chi connectivity index (χ2n) is 6.08. The Morgan fingerprint density at radius 3 is 2.55 bits per heavy atom. The summed E-state index contributed by atoms with van der Waals surface area (Å²) in [5.74, 6) is 0.835. The first-order valence-corrected chi connectivity index (χ1v) is 9.98. The van der Waals surface area contributed by atoms with Crippen LogP contribution in [0.4, 0.5) is 0 Å². The molecule has 148 valence electrons. The zero-order valence-electron chi connectivity index (χ0n) is 16.0. The Labute approximate surface area is 178 Å². The average Bonchev–Trinajstić information content (AvgIpc) is 2.75. The van der Waals surface area contributed by atoms with E-state index in [1.165, 1.54) is 0 Å². The molecular weight excluding hydrogens is 432 g/mol. The maximum absolute atomic E-state index is 12.7. The van der Waals surface area contributed by atoms with Crippen molar-refractivity contribution in [2.24, 2.45) is 5.10 Å². The fraction of sp³-hybridized carbons (Fsp3) is 0.130. The average molecular weight is 453 g/mol. The summed E-state index contributed by atoms with van der Waals surface area (Å²) in [6.45, 7) is 2.84. The first-order valence-electron chi connectivity index (χ1n) is 9.19. The highest BCUT2D eigenvalue weighted by Gasteiger charge is 2.13. The van der Waals surface area contributed by atoms with Gasteiger partial charge in [0.25, 0.3) is 5.91 Å². The molecule has 6 heteroatoms. The molecule has 0 aromatic heterocycles. The van der Waals surface area contributed by atoms with Gasteiger partial charge in [0.05, 0.1) is 18.4 Å². The van der Waals surface area contributed by atoms with E-state index in [0.29, 0.717) is 30.3 Å². The van der Waals surface area contributed by atoms with Crippen LogP contribution in [0, 0.1) is 0 Å². The standard InChI is InChI=1S/C23H21BrN2O3/c1-2-28-21-11-7-6-10-18(21)15-25-26-23(27)20-14-19(24)12-13-22(20)29-16-17-8-4-3-5-9-17/h3-15H,2,16H2,1H3,(H,26,27). The number of hydrogen-bond donors (Lipinski definition) is 1. The number of rotatable bonds is 8. The number of benzene rings is 3. The van der Waals surface area contributed by atoms with Gasteiger partial charge in [-0.15, -0.1) is 0 Å². The van der Waals surface area contributed by atoms with Crippen molar-refractivity contribution in [2.75, 3.05) is 6.61 Å². The Morgan fingerprint density at radius 1 is 1.00 bits per heavy atom. The van der Waals surface area contributed by atoms with E-state index in [1.807, 2.05) is 67.6 Å². The smallest absolute Gasteiger partial charge is 0.275 e. The van der Waals surface area contributed by atoms with E-state index < -0.39 is 0 Å². The molecule has 0 aliphatic heterocycles. The maximum Gasteiger partial charge on any atom is 0.275 e. The predicted molar refractivity (Wildman–Crippen MR) is 118 cm³/mol. The summed E-state index contributed by atoms with van der Waals surface area (Å²) < 4.78 is 12.2. The summed E-state index contributed by atoms with van der Waals surface area (Å²) in [4.78, 5) is 12.7. The number of ether oxygens (including phenoxy) is 2. The normalized spacial score (nSPS) is 10.7. The van der Waals surface area contributed by atoms with Crippen molar-refractivity contribution in [1.82, 2.24) is 5.43 Å². The Morgan fingerprint density at radius 2 is 1.76 bits per heavy atom. The molecule has 0 saturated carbocycles. The molecule has 0 unspecified atom stereocenters. The third-order valence-electron chi connectivity index (χ3n) is 4.01. The van der Waals surface area contributed by atoms with E-state index in [2.05, 4.69) is 26.5 Å². The molecule has 3 aromatic rings. The molecule has 0 radical (unpaired) electrons. The first kappa shape index (κ1) is 20.6. The van der Waals surface area contributed by atoms with Crippen LogP contribution in [0.5, 0.6) is 11.5 Å². The van der Waals surface area contributed by atoms with Crippen LogP contribution in [0.3, 0.4) is 0 Å². The molecular formula is C23H21BrN2O3. The second kappa shape index (κ2) is 10.4. The lowest BCUT2D eigenvalue weighted by Gasteiger charge is -2.11. The molecule has 29 heavy (non-hydrogen) atoms. The van der Waals surface area contributed by atoms with Crippen molar-refractivity contribution in [1.29, 1.82) is 0 Å². The molecule has 1 amide bonds. The van der Waals surface area contributed by atoms with Gasteiger partial charge < -0.3 is 9.47 Å². The molecule has 0 aliphatic carbocycles. The summed E-state index contributed by atoms with van der Waals surface area (Å²) in [6, 6.07) is 22.6. The molecule has 0 spiro atoms. The van der Waals surface area contributed by atoms with Crippen LogP contribution in [0.25, 0.3) is 0 Å². The topological polar surface area (TPSA) is 59.9 Å². The second-order valence-corrected chi connectivity index (χ2v) is 7.00. The van der Waals surface area contributed by atoms with Gasteiger partial charge >= 0.3 is 0 Å². The lowest BCUT2D eigenvalue weighted by molar-refractivity contribution is 0.0950. The first-order chi connectivity index (χ1) is 14.2. The van der Waals surface area contributed by atoms with Gasteiger partial charge in [-0.25, -0.2) is 5.43 Å². The van der Waals surface area contributed by atoms with Crippen LogP contribution < -0.4 is 14.9 Å². The minimum absolute atomic E-state index is 0.362. The molecule has 1 N–H and O–H groups in total. The lowest BCUT2D eigenvalue weighted by Crippen LogP contribution is -2.19. The number of nitrogens with one attached hydrogen (secondary N) is 1. The number of nitrogens with zero attached hydrogens (tertiary/aromatic N) is 1. The fourth-order valence-electron chi connectivity index (χ4n) is 2.64. The summed E-state index contributed by atoms with van der Waals surface area (Å²) in [5.41, 5.74) is 4.75. The maximum atomic E-state index is 12.7. The van der Waals surface area contributed by atoms with Gasteiger partial charge in [0, 0.05) is 10.0 Å². The number of carbonyl (C=O) groups excluding carboxylic acids is 1. The number of carbonyl (C=O) groups is 1. The van der Waals surface area contributed by atoms with Crippen LogP contribution in [-0.4, -0.2) is 18.7 Å². The van der Waals surface area contributed by atoms with Gasteiger partial charge in [-0.1, -0.05) is 58.4 Å². The van der Waals surface area contributed by atoms with Gasteiger partial charge in [-0.05, 0) is 42.8 Å². The van der Waals surface area contributed by atoms with Crippen molar-refractivity contribution in [3.8, 4) is 11.5 Å². The van der Waals surface area contributed by atoms with Gasteiger partial charge in [0.1, 0.15) is 18.1 Å². The number of hydrazone groups is 1. The van der Waals surface area contributed by atoms with Crippen LogP contribution in [0.2, 0.25) is 0 Å². The highest BCUT2D eigenvalue weighted by atomic mass is 79.9. The third-order valence-corrected chi connectivity index (χ3v) is 4.51. The minimum Gasteiger partial charge on any atom is -0.493 e. The van der Waals surface area contributed by atoms with Crippen LogP contribution in [0.15, 0.2) is 82.4 Å². The van der Waals surface area contributed by atoms with Gasteiger partial charge in [0.2, 0.25) is 0 Å². The minimum atomic E-state index is -0.362. The molecule has 5 nitrogen and oxygen atoms in total. The summed E-state index contributed by atoms with van der Waals surface area (Å²) in [7, 11) is 0. The molecule has 0 bridgehead atoms. The Hall–Kier alpha value is -3.12. The van der Waals surface area contributed by atoms with Crippen molar-refractivity contribution in [2.45, 2.75) is 13.5 Å². The van der Waals surface area contributed by atoms with Crippen molar-refractivity contribution in [3.05, 3.63) is 94.0 Å².